The second-order valence-electron chi connectivity index (χ2n) is 7.29. The minimum atomic E-state index is -0.653. The second kappa shape index (κ2) is 8.99. The van der Waals surface area contributed by atoms with Gasteiger partial charge in [0.2, 0.25) is 11.8 Å². The molecule has 154 valence electrons. The topological polar surface area (TPSA) is 67.9 Å². The summed E-state index contributed by atoms with van der Waals surface area (Å²) >= 11 is 0. The average Bonchev–Trinajstić information content (AvgIpc) is 2.77. The molecule has 3 rings (SSSR count). The lowest BCUT2D eigenvalue weighted by Gasteiger charge is -2.40. The number of benzene rings is 2. The van der Waals surface area contributed by atoms with Crippen LogP contribution >= 0.6 is 0 Å². The molecule has 0 spiro atoms. The van der Waals surface area contributed by atoms with Crippen LogP contribution in [0.25, 0.3) is 0 Å². The number of rotatable bonds is 6. The van der Waals surface area contributed by atoms with Crippen molar-refractivity contribution < 1.29 is 19.1 Å². The number of likely N-dealkylation sites (tertiary alicyclic amines) is 1. The fourth-order valence-corrected chi connectivity index (χ4v) is 4.04. The van der Waals surface area contributed by atoms with Crippen molar-refractivity contribution in [3.05, 3.63) is 59.7 Å². The summed E-state index contributed by atoms with van der Waals surface area (Å²) in [5.41, 5.74) is 1.18. The zero-order valence-corrected chi connectivity index (χ0v) is 17.2. The highest BCUT2D eigenvalue weighted by Gasteiger charge is 2.43. The highest BCUT2D eigenvalue weighted by atomic mass is 16.5. The fourth-order valence-electron chi connectivity index (χ4n) is 4.04. The van der Waals surface area contributed by atoms with Gasteiger partial charge in [-0.1, -0.05) is 42.5 Å². The number of nitrogens with one attached hydrogen (secondary N) is 1. The molecular formula is C23H28N2O4. The van der Waals surface area contributed by atoms with E-state index in [-0.39, 0.29) is 11.8 Å². The third-order valence-electron chi connectivity index (χ3n) is 5.75. The SMILES string of the molecule is COc1cccc(CNC(=O)C2(c3ccccc3)CCN(C(C)=O)CC2)c1OC. The average molecular weight is 396 g/mol. The van der Waals surface area contributed by atoms with Gasteiger partial charge in [-0.05, 0) is 24.5 Å². The van der Waals surface area contributed by atoms with E-state index < -0.39 is 5.41 Å². The lowest BCUT2D eigenvalue weighted by molar-refractivity contribution is -0.135. The van der Waals surface area contributed by atoms with Gasteiger partial charge in [0.05, 0.1) is 19.6 Å². The van der Waals surface area contributed by atoms with E-state index >= 15 is 0 Å². The first kappa shape index (κ1) is 20.7. The van der Waals surface area contributed by atoms with Crippen molar-refractivity contribution in [2.75, 3.05) is 27.3 Å². The Morgan fingerprint density at radius 2 is 1.69 bits per heavy atom. The van der Waals surface area contributed by atoms with E-state index in [4.69, 9.17) is 9.47 Å². The van der Waals surface area contributed by atoms with Crippen molar-refractivity contribution in [1.29, 1.82) is 0 Å². The Hall–Kier alpha value is -3.02. The highest BCUT2D eigenvalue weighted by molar-refractivity contribution is 5.89. The van der Waals surface area contributed by atoms with Crippen molar-refractivity contribution in [1.82, 2.24) is 10.2 Å². The summed E-state index contributed by atoms with van der Waals surface area (Å²) in [6.07, 6.45) is 1.19. The molecule has 2 aromatic rings. The summed E-state index contributed by atoms with van der Waals surface area (Å²) in [6, 6.07) is 15.5. The molecule has 6 nitrogen and oxygen atoms in total. The van der Waals surface area contributed by atoms with Crippen molar-refractivity contribution in [2.24, 2.45) is 0 Å². The molecule has 2 amide bonds. The number of hydrogen-bond donors (Lipinski definition) is 1. The van der Waals surface area contributed by atoms with Crippen LogP contribution in [0.5, 0.6) is 11.5 Å². The first-order valence-corrected chi connectivity index (χ1v) is 9.81. The Balaban J connectivity index is 1.83. The Morgan fingerprint density at radius 1 is 1.00 bits per heavy atom. The van der Waals surface area contributed by atoms with Crippen LogP contribution in [0.4, 0.5) is 0 Å². The molecule has 0 unspecified atom stereocenters. The molecule has 0 atom stereocenters. The zero-order valence-electron chi connectivity index (χ0n) is 17.2. The van der Waals surface area contributed by atoms with Crippen LogP contribution in [0.1, 0.15) is 30.9 Å². The van der Waals surface area contributed by atoms with E-state index in [1.807, 2.05) is 48.5 Å². The summed E-state index contributed by atoms with van der Waals surface area (Å²) in [6.45, 7) is 3.05. The van der Waals surface area contributed by atoms with Crippen LogP contribution in [0.15, 0.2) is 48.5 Å². The lowest BCUT2D eigenvalue weighted by atomic mass is 9.72. The maximum Gasteiger partial charge on any atom is 0.231 e. The number of hydrogen-bond acceptors (Lipinski definition) is 4. The Kier molecular flexibility index (Phi) is 6.42. The first-order valence-electron chi connectivity index (χ1n) is 9.81. The van der Waals surface area contributed by atoms with E-state index in [2.05, 4.69) is 5.32 Å². The van der Waals surface area contributed by atoms with E-state index in [1.54, 1.807) is 26.0 Å². The number of para-hydroxylation sites is 1. The van der Waals surface area contributed by atoms with Gasteiger partial charge in [0.1, 0.15) is 0 Å². The minimum absolute atomic E-state index is 0.0308. The number of piperidine rings is 1. The van der Waals surface area contributed by atoms with Gasteiger partial charge in [0.25, 0.3) is 0 Å². The smallest absolute Gasteiger partial charge is 0.231 e. The molecule has 1 saturated heterocycles. The number of carbonyl (C=O) groups is 2. The molecule has 0 aromatic heterocycles. The molecule has 6 heteroatoms. The predicted octanol–water partition coefficient (Wildman–Crippen LogP) is 2.90. The van der Waals surface area contributed by atoms with Crippen LogP contribution in [0.3, 0.4) is 0 Å². The number of carbonyl (C=O) groups excluding carboxylic acids is 2. The van der Waals surface area contributed by atoms with Crippen molar-refractivity contribution in [3.8, 4) is 11.5 Å². The fraction of sp³-hybridized carbons (Fsp3) is 0.391. The number of ether oxygens (including phenoxy) is 2. The van der Waals surface area contributed by atoms with Gasteiger partial charge in [0, 0.05) is 32.1 Å². The molecule has 0 radical (unpaired) electrons. The van der Waals surface area contributed by atoms with Crippen molar-refractivity contribution in [2.45, 2.75) is 31.7 Å². The maximum absolute atomic E-state index is 13.4. The maximum atomic E-state index is 13.4. The third-order valence-corrected chi connectivity index (χ3v) is 5.75. The van der Waals surface area contributed by atoms with Gasteiger partial charge in [0.15, 0.2) is 11.5 Å². The normalized spacial score (nSPS) is 15.5. The Labute approximate surface area is 171 Å². The monoisotopic (exact) mass is 396 g/mol. The summed E-state index contributed by atoms with van der Waals surface area (Å²) in [5.74, 6) is 1.27. The lowest BCUT2D eigenvalue weighted by Crippen LogP contribution is -2.52. The number of amides is 2. The van der Waals surface area contributed by atoms with Crippen LogP contribution < -0.4 is 14.8 Å². The van der Waals surface area contributed by atoms with Crippen LogP contribution in [-0.2, 0) is 21.5 Å². The number of nitrogens with zero attached hydrogens (tertiary/aromatic N) is 1. The van der Waals surface area contributed by atoms with Crippen molar-refractivity contribution >= 4 is 11.8 Å². The second-order valence-corrected chi connectivity index (χ2v) is 7.29. The van der Waals surface area contributed by atoms with Gasteiger partial charge in [-0.2, -0.15) is 0 Å². The summed E-state index contributed by atoms with van der Waals surface area (Å²) in [7, 11) is 3.18. The summed E-state index contributed by atoms with van der Waals surface area (Å²) in [4.78, 5) is 27.0. The van der Waals surface area contributed by atoms with Gasteiger partial charge in [-0.3, -0.25) is 9.59 Å². The molecule has 0 bridgehead atoms. The van der Waals surface area contributed by atoms with E-state index in [0.717, 1.165) is 11.1 Å². The molecule has 1 heterocycles. The molecule has 1 aliphatic rings. The quantitative estimate of drug-likeness (QED) is 0.815. The first-order chi connectivity index (χ1) is 14.0. The predicted molar refractivity (Wildman–Crippen MR) is 111 cm³/mol. The zero-order chi connectivity index (χ0) is 20.9. The van der Waals surface area contributed by atoms with Gasteiger partial charge >= 0.3 is 0 Å². The van der Waals surface area contributed by atoms with Crippen LogP contribution in [0, 0.1) is 0 Å². The van der Waals surface area contributed by atoms with Crippen LogP contribution in [0.2, 0.25) is 0 Å². The molecule has 1 N–H and O–H groups in total. The molecule has 1 aliphatic heterocycles. The standard InChI is InChI=1S/C23H28N2O4/c1-17(26)25-14-12-23(13-15-25,19-9-5-4-6-10-19)22(27)24-16-18-8-7-11-20(28-2)21(18)29-3/h4-11H,12-16H2,1-3H3,(H,24,27). The van der Waals surface area contributed by atoms with Crippen molar-refractivity contribution in [3.63, 3.8) is 0 Å². The summed E-state index contributed by atoms with van der Waals surface area (Å²) in [5, 5.41) is 3.10. The Bertz CT molecular complexity index is 858. The van der Waals surface area contributed by atoms with Crippen LogP contribution in [-0.4, -0.2) is 44.0 Å². The molecule has 1 fully saturated rings. The highest BCUT2D eigenvalue weighted by Crippen LogP contribution is 2.36. The van der Waals surface area contributed by atoms with E-state index in [1.165, 1.54) is 0 Å². The van der Waals surface area contributed by atoms with E-state index in [0.29, 0.717) is 44.0 Å². The van der Waals surface area contributed by atoms with E-state index in [9.17, 15) is 9.59 Å². The van der Waals surface area contributed by atoms with Gasteiger partial charge in [-0.15, -0.1) is 0 Å². The number of methoxy groups -OCH3 is 2. The molecule has 0 saturated carbocycles. The Morgan fingerprint density at radius 3 is 2.28 bits per heavy atom. The van der Waals surface area contributed by atoms with Gasteiger partial charge < -0.3 is 19.7 Å². The molecule has 2 aromatic carbocycles. The minimum Gasteiger partial charge on any atom is -0.493 e. The largest absolute Gasteiger partial charge is 0.493 e. The molecule has 29 heavy (non-hydrogen) atoms. The van der Waals surface area contributed by atoms with Gasteiger partial charge in [-0.25, -0.2) is 0 Å². The third kappa shape index (κ3) is 4.21. The summed E-state index contributed by atoms with van der Waals surface area (Å²) < 4.78 is 10.8. The molecular weight excluding hydrogens is 368 g/mol. The molecule has 0 aliphatic carbocycles.